The van der Waals surface area contributed by atoms with Crippen molar-refractivity contribution in [2.75, 3.05) is 14.2 Å². The number of benzene rings is 2. The number of hydrazone groups is 1. The lowest BCUT2D eigenvalue weighted by Crippen LogP contribution is -2.19. The maximum atomic E-state index is 11.9. The van der Waals surface area contributed by atoms with Crippen LogP contribution >= 0.6 is 11.3 Å². The van der Waals surface area contributed by atoms with Gasteiger partial charge in [-0.3, -0.25) is 4.79 Å². The summed E-state index contributed by atoms with van der Waals surface area (Å²) < 4.78 is 10.7. The minimum Gasteiger partial charge on any atom is -0.497 e. The number of hydrogen-bond donors (Lipinski definition) is 1. The molecule has 0 radical (unpaired) electrons. The fourth-order valence-corrected chi connectivity index (χ4v) is 3.22. The van der Waals surface area contributed by atoms with Gasteiger partial charge in [-0.25, -0.2) is 5.43 Å². The van der Waals surface area contributed by atoms with E-state index in [1.807, 2.05) is 47.8 Å². The second-order valence-corrected chi connectivity index (χ2v) is 6.35. The highest BCUT2D eigenvalue weighted by molar-refractivity contribution is 7.10. The predicted molar refractivity (Wildman–Crippen MR) is 101 cm³/mol. The van der Waals surface area contributed by atoms with Gasteiger partial charge in [0.2, 0.25) is 5.91 Å². The van der Waals surface area contributed by atoms with Gasteiger partial charge in [0.25, 0.3) is 0 Å². The van der Waals surface area contributed by atoms with Crippen LogP contribution < -0.4 is 14.9 Å². The summed E-state index contributed by atoms with van der Waals surface area (Å²) in [6.45, 7) is 0. The van der Waals surface area contributed by atoms with Crippen LogP contribution in [0.3, 0.4) is 0 Å². The smallest absolute Gasteiger partial charge is 0.245 e. The third kappa shape index (κ3) is 3.97. The molecule has 0 aliphatic carbocycles. The molecule has 0 fully saturated rings. The number of hydrogen-bond acceptors (Lipinski definition) is 5. The van der Waals surface area contributed by atoms with Crippen molar-refractivity contribution in [2.24, 2.45) is 5.10 Å². The summed E-state index contributed by atoms with van der Waals surface area (Å²) in [5, 5.41) is 8.02. The van der Waals surface area contributed by atoms with Gasteiger partial charge in [-0.15, -0.1) is 11.3 Å². The standard InChI is InChI=1S/C19H18N2O3S/c1-23-14-7-5-13-6-8-18(24-2)17(16(13)10-14)12-20-21-19(22)11-15-4-3-9-25-15/h3-10,12H,11H2,1-2H3,(H,21,22). The average molecular weight is 354 g/mol. The topological polar surface area (TPSA) is 59.9 Å². The van der Waals surface area contributed by atoms with E-state index in [-0.39, 0.29) is 5.91 Å². The summed E-state index contributed by atoms with van der Waals surface area (Å²) in [7, 11) is 3.23. The van der Waals surface area contributed by atoms with E-state index in [0.29, 0.717) is 12.2 Å². The van der Waals surface area contributed by atoms with Gasteiger partial charge in [0.15, 0.2) is 0 Å². The largest absolute Gasteiger partial charge is 0.497 e. The normalized spacial score (nSPS) is 11.0. The lowest BCUT2D eigenvalue weighted by molar-refractivity contribution is -0.120. The van der Waals surface area contributed by atoms with Crippen molar-refractivity contribution < 1.29 is 14.3 Å². The van der Waals surface area contributed by atoms with Gasteiger partial charge >= 0.3 is 0 Å². The van der Waals surface area contributed by atoms with E-state index in [9.17, 15) is 4.79 Å². The van der Waals surface area contributed by atoms with Gasteiger partial charge in [0, 0.05) is 10.4 Å². The number of nitrogens with zero attached hydrogens (tertiary/aromatic N) is 1. The van der Waals surface area contributed by atoms with Gasteiger partial charge in [0.1, 0.15) is 11.5 Å². The number of carbonyl (C=O) groups is 1. The van der Waals surface area contributed by atoms with Gasteiger partial charge in [-0.1, -0.05) is 18.2 Å². The Kier molecular flexibility index (Phi) is 5.30. The van der Waals surface area contributed by atoms with Crippen molar-refractivity contribution in [1.29, 1.82) is 0 Å². The number of methoxy groups -OCH3 is 2. The van der Waals surface area contributed by atoms with E-state index >= 15 is 0 Å². The van der Waals surface area contributed by atoms with Crippen LogP contribution in [-0.4, -0.2) is 26.3 Å². The first-order valence-electron chi connectivity index (χ1n) is 7.70. The Hall–Kier alpha value is -2.86. The number of thiophene rings is 1. The molecule has 0 spiro atoms. The molecule has 2 aromatic carbocycles. The SMILES string of the molecule is COc1ccc2ccc(OC)c(C=NNC(=O)Cc3cccs3)c2c1. The molecule has 1 amide bonds. The molecule has 0 unspecified atom stereocenters. The average Bonchev–Trinajstić information content (AvgIpc) is 3.14. The van der Waals surface area contributed by atoms with Crippen LogP contribution in [0.25, 0.3) is 10.8 Å². The molecule has 0 saturated carbocycles. The molecule has 1 N–H and O–H groups in total. The van der Waals surface area contributed by atoms with Crippen molar-refractivity contribution in [1.82, 2.24) is 5.43 Å². The van der Waals surface area contributed by atoms with E-state index in [1.54, 1.807) is 31.8 Å². The van der Waals surface area contributed by atoms with Crippen molar-refractivity contribution in [3.63, 3.8) is 0 Å². The van der Waals surface area contributed by atoms with Crippen molar-refractivity contribution in [2.45, 2.75) is 6.42 Å². The third-order valence-electron chi connectivity index (χ3n) is 3.75. The Labute approximate surface area is 149 Å². The molecular weight excluding hydrogens is 336 g/mol. The molecule has 1 aromatic heterocycles. The summed E-state index contributed by atoms with van der Waals surface area (Å²) in [6, 6.07) is 13.5. The summed E-state index contributed by atoms with van der Waals surface area (Å²) in [5.74, 6) is 1.27. The van der Waals surface area contributed by atoms with Crippen LogP contribution in [0.5, 0.6) is 11.5 Å². The van der Waals surface area contributed by atoms with Gasteiger partial charge in [0.05, 0.1) is 26.9 Å². The van der Waals surface area contributed by atoms with Crippen molar-refractivity contribution >= 4 is 34.2 Å². The first-order valence-corrected chi connectivity index (χ1v) is 8.58. The molecule has 0 aliphatic rings. The fraction of sp³-hybridized carbons (Fsp3) is 0.158. The Morgan fingerprint density at radius 3 is 2.76 bits per heavy atom. The highest BCUT2D eigenvalue weighted by Gasteiger charge is 2.08. The molecule has 5 nitrogen and oxygen atoms in total. The van der Waals surface area contributed by atoms with Crippen LogP contribution in [-0.2, 0) is 11.2 Å². The first-order chi connectivity index (χ1) is 12.2. The van der Waals surface area contributed by atoms with E-state index < -0.39 is 0 Å². The lowest BCUT2D eigenvalue weighted by atomic mass is 10.0. The second kappa shape index (κ2) is 7.81. The quantitative estimate of drug-likeness (QED) is 0.543. The third-order valence-corrected chi connectivity index (χ3v) is 4.62. The van der Waals surface area contributed by atoms with Crippen LogP contribution in [0.2, 0.25) is 0 Å². The van der Waals surface area contributed by atoms with E-state index in [1.165, 1.54) is 0 Å². The Morgan fingerprint density at radius 1 is 1.20 bits per heavy atom. The van der Waals surface area contributed by atoms with Crippen LogP contribution in [0.4, 0.5) is 0 Å². The van der Waals surface area contributed by atoms with Crippen LogP contribution in [0, 0.1) is 0 Å². The molecule has 3 rings (SSSR count). The molecule has 6 heteroatoms. The zero-order valence-corrected chi connectivity index (χ0v) is 14.8. The monoisotopic (exact) mass is 354 g/mol. The van der Waals surface area contributed by atoms with Gasteiger partial charge < -0.3 is 9.47 Å². The van der Waals surface area contributed by atoms with Gasteiger partial charge in [-0.05, 0) is 40.4 Å². The Morgan fingerprint density at radius 2 is 2.04 bits per heavy atom. The second-order valence-electron chi connectivity index (χ2n) is 5.32. The minimum atomic E-state index is -0.157. The Bertz CT molecular complexity index is 899. The summed E-state index contributed by atoms with van der Waals surface area (Å²) in [4.78, 5) is 12.9. The molecule has 0 atom stereocenters. The highest BCUT2D eigenvalue weighted by atomic mass is 32.1. The van der Waals surface area contributed by atoms with E-state index in [4.69, 9.17) is 9.47 Å². The van der Waals surface area contributed by atoms with Crippen molar-refractivity contribution in [3.05, 3.63) is 58.3 Å². The van der Waals surface area contributed by atoms with Crippen LogP contribution in [0.1, 0.15) is 10.4 Å². The summed E-state index contributed by atoms with van der Waals surface area (Å²) in [5.41, 5.74) is 3.35. The Balaban J connectivity index is 1.84. The molecule has 0 bridgehead atoms. The fourth-order valence-electron chi connectivity index (χ4n) is 2.52. The molecule has 25 heavy (non-hydrogen) atoms. The maximum absolute atomic E-state index is 11.9. The maximum Gasteiger partial charge on any atom is 0.245 e. The van der Waals surface area contributed by atoms with Crippen LogP contribution in [0.15, 0.2) is 52.9 Å². The van der Waals surface area contributed by atoms with E-state index in [2.05, 4.69) is 10.5 Å². The molecular formula is C19H18N2O3S. The number of fused-ring (bicyclic) bond motifs is 1. The molecule has 128 valence electrons. The highest BCUT2D eigenvalue weighted by Crippen LogP contribution is 2.29. The lowest BCUT2D eigenvalue weighted by Gasteiger charge is -2.10. The number of rotatable bonds is 6. The van der Waals surface area contributed by atoms with E-state index in [0.717, 1.165) is 27.0 Å². The molecule has 0 aliphatic heterocycles. The number of nitrogens with one attached hydrogen (secondary N) is 1. The zero-order chi connectivity index (χ0) is 17.6. The van der Waals surface area contributed by atoms with Gasteiger partial charge in [-0.2, -0.15) is 5.10 Å². The summed E-state index contributed by atoms with van der Waals surface area (Å²) in [6.07, 6.45) is 1.92. The zero-order valence-electron chi connectivity index (χ0n) is 14.0. The first kappa shape index (κ1) is 17.0. The van der Waals surface area contributed by atoms with Crippen molar-refractivity contribution in [3.8, 4) is 11.5 Å². The number of ether oxygens (including phenoxy) is 2. The number of carbonyl (C=O) groups excluding carboxylic acids is 1. The molecule has 0 saturated heterocycles. The minimum absolute atomic E-state index is 0.157. The molecule has 3 aromatic rings. The predicted octanol–water partition coefficient (Wildman–Crippen LogP) is 3.61. The molecule has 1 heterocycles. The number of amides is 1. The summed E-state index contributed by atoms with van der Waals surface area (Å²) >= 11 is 1.55.